The van der Waals surface area contributed by atoms with Gasteiger partial charge in [0.2, 0.25) is 11.8 Å². The summed E-state index contributed by atoms with van der Waals surface area (Å²) in [7, 11) is 0. The zero-order valence-electron chi connectivity index (χ0n) is 18.3. The standard InChI is InChI=1S/C24H23F2N5O3/c25-20(26)19-16(21-27-10-13-33-21)14-28-23(29-19)30-11-8-24(9-12-30)22(32)31-17(6-7-18(31)34-24)15-4-2-1-3-5-15/h1-5,10,13-14,17-18,20H,6-9,11-12H2/t17-,18+/m0/s1. The van der Waals surface area contributed by atoms with Crippen molar-refractivity contribution < 1.29 is 22.7 Å². The third-order valence-electron chi connectivity index (χ3n) is 7.03. The first-order valence-corrected chi connectivity index (χ1v) is 11.4. The van der Waals surface area contributed by atoms with Crippen LogP contribution in [0, 0.1) is 0 Å². The molecule has 0 saturated carbocycles. The van der Waals surface area contributed by atoms with Crippen LogP contribution in [0.1, 0.15) is 49.4 Å². The minimum absolute atomic E-state index is 0.0239. The first kappa shape index (κ1) is 21.2. The first-order valence-electron chi connectivity index (χ1n) is 11.4. The number of amides is 1. The van der Waals surface area contributed by atoms with Crippen molar-refractivity contribution in [2.75, 3.05) is 18.0 Å². The predicted octanol–water partition coefficient (Wildman–Crippen LogP) is 4.13. The molecule has 0 aliphatic carbocycles. The van der Waals surface area contributed by atoms with Gasteiger partial charge in [0.05, 0.1) is 17.8 Å². The number of benzene rings is 1. The largest absolute Gasteiger partial charge is 0.444 e. The zero-order chi connectivity index (χ0) is 23.3. The van der Waals surface area contributed by atoms with E-state index in [1.54, 1.807) is 0 Å². The molecule has 176 valence electrons. The van der Waals surface area contributed by atoms with Gasteiger partial charge >= 0.3 is 0 Å². The molecule has 1 aromatic carbocycles. The van der Waals surface area contributed by atoms with Crippen LogP contribution >= 0.6 is 0 Å². The van der Waals surface area contributed by atoms with E-state index in [-0.39, 0.29) is 35.6 Å². The number of ether oxygens (including phenoxy) is 1. The van der Waals surface area contributed by atoms with Gasteiger partial charge in [-0.05, 0) is 18.4 Å². The maximum Gasteiger partial charge on any atom is 0.281 e. The summed E-state index contributed by atoms with van der Waals surface area (Å²) in [6.45, 7) is 0.868. The molecule has 0 unspecified atom stereocenters. The Morgan fingerprint density at radius 1 is 1.09 bits per heavy atom. The maximum absolute atomic E-state index is 13.7. The van der Waals surface area contributed by atoms with Crippen LogP contribution in [-0.2, 0) is 9.53 Å². The van der Waals surface area contributed by atoms with Gasteiger partial charge in [-0.1, -0.05) is 30.3 Å². The van der Waals surface area contributed by atoms with Crippen LogP contribution in [0.25, 0.3) is 11.5 Å². The second-order valence-electron chi connectivity index (χ2n) is 8.88. The lowest BCUT2D eigenvalue weighted by Crippen LogP contribution is -2.50. The van der Waals surface area contributed by atoms with Crippen molar-refractivity contribution in [1.29, 1.82) is 0 Å². The van der Waals surface area contributed by atoms with E-state index < -0.39 is 17.7 Å². The lowest BCUT2D eigenvalue weighted by molar-refractivity contribution is -0.140. The number of hydrogen-bond acceptors (Lipinski definition) is 7. The van der Waals surface area contributed by atoms with Crippen LogP contribution < -0.4 is 4.90 Å². The Morgan fingerprint density at radius 3 is 2.59 bits per heavy atom. The number of carbonyl (C=O) groups is 1. The van der Waals surface area contributed by atoms with Crippen molar-refractivity contribution >= 4 is 11.9 Å². The van der Waals surface area contributed by atoms with Gasteiger partial charge in [-0.3, -0.25) is 4.79 Å². The molecule has 5 heterocycles. The van der Waals surface area contributed by atoms with Crippen LogP contribution in [0.2, 0.25) is 0 Å². The highest BCUT2D eigenvalue weighted by atomic mass is 19.3. The number of anilines is 1. The smallest absolute Gasteiger partial charge is 0.281 e. The molecule has 3 aliphatic rings. The quantitative estimate of drug-likeness (QED) is 0.570. The van der Waals surface area contributed by atoms with Crippen LogP contribution in [-0.4, -0.2) is 50.7 Å². The second-order valence-corrected chi connectivity index (χ2v) is 8.88. The van der Waals surface area contributed by atoms with E-state index in [4.69, 9.17) is 9.15 Å². The number of aromatic nitrogens is 3. The Bertz CT molecular complexity index is 1180. The van der Waals surface area contributed by atoms with Crippen LogP contribution in [0.5, 0.6) is 0 Å². The molecule has 3 saturated heterocycles. The predicted molar refractivity (Wildman–Crippen MR) is 117 cm³/mol. The van der Waals surface area contributed by atoms with Crippen molar-refractivity contribution in [2.24, 2.45) is 0 Å². The number of alkyl halides is 2. The topological polar surface area (TPSA) is 84.6 Å². The van der Waals surface area contributed by atoms with Gasteiger partial charge in [0.1, 0.15) is 18.2 Å². The average Bonchev–Trinajstić information content (AvgIpc) is 3.59. The summed E-state index contributed by atoms with van der Waals surface area (Å²) in [4.78, 5) is 29.6. The second kappa shape index (κ2) is 8.12. The molecule has 0 radical (unpaired) electrons. The van der Waals surface area contributed by atoms with Gasteiger partial charge in [-0.2, -0.15) is 0 Å². The van der Waals surface area contributed by atoms with E-state index in [1.165, 1.54) is 18.7 Å². The van der Waals surface area contributed by atoms with E-state index in [0.717, 1.165) is 18.4 Å². The maximum atomic E-state index is 13.7. The lowest BCUT2D eigenvalue weighted by atomic mass is 9.89. The summed E-state index contributed by atoms with van der Waals surface area (Å²) in [6, 6.07) is 10.1. The van der Waals surface area contributed by atoms with Crippen LogP contribution in [0.15, 0.2) is 53.4 Å². The van der Waals surface area contributed by atoms with Gasteiger partial charge in [-0.15, -0.1) is 0 Å². The third-order valence-corrected chi connectivity index (χ3v) is 7.03. The fraction of sp³-hybridized carbons (Fsp3) is 0.417. The Morgan fingerprint density at radius 2 is 1.88 bits per heavy atom. The van der Waals surface area contributed by atoms with Gasteiger partial charge < -0.3 is 19.0 Å². The summed E-state index contributed by atoms with van der Waals surface area (Å²) >= 11 is 0. The van der Waals surface area contributed by atoms with E-state index in [2.05, 4.69) is 15.0 Å². The molecule has 2 aromatic heterocycles. The summed E-state index contributed by atoms with van der Waals surface area (Å²) in [5.41, 5.74) is -0.111. The number of piperidine rings is 1. The van der Waals surface area contributed by atoms with Crippen LogP contribution in [0.4, 0.5) is 14.7 Å². The molecule has 3 fully saturated rings. The first-order chi connectivity index (χ1) is 16.6. The molecule has 2 atom stereocenters. The number of hydrogen-bond donors (Lipinski definition) is 0. The molecule has 6 rings (SSSR count). The summed E-state index contributed by atoms with van der Waals surface area (Å²) in [6.07, 6.45) is 3.59. The number of carbonyl (C=O) groups excluding carboxylic acids is 1. The molecule has 3 aliphatic heterocycles. The SMILES string of the molecule is O=C1N2[C@@H](CC[C@H]2c2ccccc2)OC12CCN(c1ncc(-c3ncco3)c(C(F)F)n1)CC2. The van der Waals surface area contributed by atoms with Crippen molar-refractivity contribution in [1.82, 2.24) is 19.9 Å². The third kappa shape index (κ3) is 3.35. The highest BCUT2D eigenvalue weighted by Crippen LogP contribution is 2.47. The molecule has 3 aromatic rings. The fourth-order valence-electron chi connectivity index (χ4n) is 5.34. The van der Waals surface area contributed by atoms with E-state index in [1.807, 2.05) is 40.1 Å². The monoisotopic (exact) mass is 467 g/mol. The number of fused-ring (bicyclic) bond motifs is 1. The zero-order valence-corrected chi connectivity index (χ0v) is 18.3. The highest BCUT2D eigenvalue weighted by Gasteiger charge is 2.58. The van der Waals surface area contributed by atoms with E-state index in [0.29, 0.717) is 25.9 Å². The Balaban J connectivity index is 1.20. The fourth-order valence-corrected chi connectivity index (χ4v) is 5.34. The Labute approximate surface area is 194 Å². The van der Waals surface area contributed by atoms with Crippen molar-refractivity contribution in [3.63, 3.8) is 0 Å². The van der Waals surface area contributed by atoms with Crippen molar-refractivity contribution in [2.45, 2.75) is 50.0 Å². The number of halogens is 2. The summed E-state index contributed by atoms with van der Waals surface area (Å²) in [5.74, 6) is 0.281. The van der Waals surface area contributed by atoms with Crippen molar-refractivity contribution in [3.05, 3.63) is 60.2 Å². The highest BCUT2D eigenvalue weighted by molar-refractivity contribution is 5.88. The summed E-state index contributed by atoms with van der Waals surface area (Å²) in [5, 5.41) is 0. The lowest BCUT2D eigenvalue weighted by Gasteiger charge is -2.37. The molecule has 8 nitrogen and oxygen atoms in total. The molecule has 0 N–H and O–H groups in total. The van der Waals surface area contributed by atoms with Gasteiger partial charge in [0.15, 0.2) is 5.60 Å². The molecule has 34 heavy (non-hydrogen) atoms. The average molecular weight is 467 g/mol. The van der Waals surface area contributed by atoms with Crippen molar-refractivity contribution in [3.8, 4) is 11.5 Å². The molecule has 1 spiro atoms. The number of nitrogens with zero attached hydrogens (tertiary/aromatic N) is 5. The molecule has 0 bridgehead atoms. The van der Waals surface area contributed by atoms with E-state index >= 15 is 0 Å². The van der Waals surface area contributed by atoms with Gasteiger partial charge in [0, 0.05) is 32.1 Å². The minimum Gasteiger partial charge on any atom is -0.444 e. The molecule has 1 amide bonds. The minimum atomic E-state index is -2.80. The van der Waals surface area contributed by atoms with Gasteiger partial charge in [0.25, 0.3) is 12.3 Å². The number of rotatable bonds is 4. The van der Waals surface area contributed by atoms with Crippen LogP contribution in [0.3, 0.4) is 0 Å². The number of oxazole rings is 1. The molecular formula is C24H23F2N5O3. The Kier molecular flexibility index (Phi) is 5.05. The molecular weight excluding hydrogens is 444 g/mol. The van der Waals surface area contributed by atoms with Gasteiger partial charge in [-0.25, -0.2) is 23.7 Å². The summed E-state index contributed by atoms with van der Waals surface area (Å²) < 4.78 is 38.9. The van der Waals surface area contributed by atoms with E-state index in [9.17, 15) is 13.6 Å². The Hall–Kier alpha value is -3.40. The molecule has 10 heteroatoms. The normalized spacial score (nSPS) is 23.8.